The summed E-state index contributed by atoms with van der Waals surface area (Å²) in [6.45, 7) is 0. The van der Waals surface area contributed by atoms with Crippen molar-refractivity contribution in [3.05, 3.63) is 45.8 Å². The second-order valence-corrected chi connectivity index (χ2v) is 6.82. The van der Waals surface area contributed by atoms with E-state index in [4.69, 9.17) is 9.83 Å². The van der Waals surface area contributed by atoms with Gasteiger partial charge in [-0.05, 0) is 30.5 Å². The van der Waals surface area contributed by atoms with Crippen LogP contribution in [0, 0.1) is 5.41 Å². The number of aliphatic imine (C=N–C) groups is 1. The molecule has 8 nitrogen and oxygen atoms in total. The zero-order valence-electron chi connectivity index (χ0n) is 13.2. The van der Waals surface area contributed by atoms with Crippen molar-refractivity contribution in [3.63, 3.8) is 0 Å². The van der Waals surface area contributed by atoms with E-state index in [9.17, 15) is 14.7 Å². The summed E-state index contributed by atoms with van der Waals surface area (Å²) in [7, 11) is 0. The molecule has 0 fully saturated rings. The fourth-order valence-corrected chi connectivity index (χ4v) is 3.97. The third kappa shape index (κ3) is 2.54. The summed E-state index contributed by atoms with van der Waals surface area (Å²) >= 11 is 2.35. The molecule has 2 N–H and O–H groups in total. The van der Waals surface area contributed by atoms with E-state index in [-0.39, 0.29) is 28.1 Å². The Morgan fingerprint density at radius 2 is 2.19 bits per heavy atom. The highest BCUT2D eigenvalue weighted by Gasteiger charge is 2.37. The van der Waals surface area contributed by atoms with Gasteiger partial charge in [-0.25, -0.2) is 4.90 Å². The highest BCUT2D eigenvalue weighted by molar-refractivity contribution is 8.18. The topological polar surface area (TPSA) is 119 Å². The van der Waals surface area contributed by atoms with Crippen LogP contribution in [0.2, 0.25) is 0 Å². The summed E-state index contributed by atoms with van der Waals surface area (Å²) in [6.07, 6.45) is 4.30. The Morgan fingerprint density at radius 1 is 1.38 bits per heavy atom. The molecule has 1 amide bonds. The molecule has 130 valence electrons. The summed E-state index contributed by atoms with van der Waals surface area (Å²) < 4.78 is 9.56. The number of aromatic hydroxyl groups is 1. The molecule has 4 rings (SSSR count). The summed E-state index contributed by atoms with van der Waals surface area (Å²) in [6, 6.07) is 4.19. The Hall–Kier alpha value is -2.85. The number of phenols is 1. The van der Waals surface area contributed by atoms with Gasteiger partial charge in [-0.15, -0.1) is 0 Å². The van der Waals surface area contributed by atoms with Gasteiger partial charge in [-0.2, -0.15) is 9.39 Å². The number of nitrogens with one attached hydrogen (secondary N) is 1. The number of carbonyl (C=O) groups excluding carboxylic acids is 1. The number of carbonyl (C=O) groups is 1. The molecule has 0 atom stereocenters. The van der Waals surface area contributed by atoms with Crippen LogP contribution in [-0.4, -0.2) is 38.3 Å². The normalized spacial score (nSPS) is 18.3. The van der Waals surface area contributed by atoms with Crippen LogP contribution in [0.1, 0.15) is 5.56 Å². The lowest BCUT2D eigenvalue weighted by molar-refractivity contribution is -0.114. The molecule has 0 unspecified atom stereocenters. The van der Waals surface area contributed by atoms with E-state index >= 15 is 0 Å². The molecule has 0 bridgehead atoms. The number of phenolic OH excluding ortho intramolecular Hbond substituents is 1. The molecule has 0 saturated carbocycles. The second kappa shape index (κ2) is 6.15. The summed E-state index contributed by atoms with van der Waals surface area (Å²) in [5.41, 5.74) is -0.0539. The molecule has 2 aromatic rings. The first-order chi connectivity index (χ1) is 12.5. The molecular weight excluding hydrogens is 376 g/mol. The predicted molar refractivity (Wildman–Crippen MR) is 103 cm³/mol. The average molecular weight is 386 g/mol. The zero-order chi connectivity index (χ0) is 18.4. The molecule has 1 aromatic heterocycles. The molecule has 0 radical (unpaired) electrons. The Bertz CT molecular complexity index is 1130. The van der Waals surface area contributed by atoms with E-state index < -0.39 is 11.3 Å². The smallest absolute Gasteiger partial charge is 0.283 e. The standard InChI is InChI=1S/C16H10N4O4S2/c1-25-16-19-26-15-18-14(23)10(13(17)20(15)16)4-7-6-24-11-3-2-8(21)5-9(11)12(7)22/h2-6,17,21H,1H3/b10-4+,17-13?. The maximum atomic E-state index is 12.6. The number of amidine groups is 3. The van der Waals surface area contributed by atoms with E-state index in [0.717, 1.165) is 11.9 Å². The van der Waals surface area contributed by atoms with Crippen molar-refractivity contribution in [1.29, 1.82) is 5.41 Å². The van der Waals surface area contributed by atoms with E-state index in [1.54, 1.807) is 6.26 Å². The van der Waals surface area contributed by atoms with Crippen LogP contribution in [0.3, 0.4) is 0 Å². The van der Waals surface area contributed by atoms with Crippen molar-refractivity contribution in [1.82, 2.24) is 4.90 Å². The predicted octanol–water partition coefficient (Wildman–Crippen LogP) is 2.44. The number of thioether (sulfide) groups is 1. The van der Waals surface area contributed by atoms with Gasteiger partial charge >= 0.3 is 0 Å². The molecule has 1 aromatic carbocycles. The molecule has 2 aliphatic heterocycles. The van der Waals surface area contributed by atoms with Crippen LogP contribution in [0.5, 0.6) is 5.75 Å². The lowest BCUT2D eigenvalue weighted by Gasteiger charge is -2.23. The van der Waals surface area contributed by atoms with Crippen molar-refractivity contribution < 1.29 is 14.3 Å². The Balaban J connectivity index is 1.84. The van der Waals surface area contributed by atoms with Crippen LogP contribution in [0.25, 0.3) is 17.0 Å². The van der Waals surface area contributed by atoms with Gasteiger partial charge in [0, 0.05) is 0 Å². The van der Waals surface area contributed by atoms with Gasteiger partial charge in [-0.1, -0.05) is 11.8 Å². The molecular formula is C16H10N4O4S2. The summed E-state index contributed by atoms with van der Waals surface area (Å²) in [5, 5.41) is 18.9. The maximum Gasteiger partial charge on any atom is 0.283 e. The van der Waals surface area contributed by atoms with Crippen molar-refractivity contribution in [2.75, 3.05) is 6.26 Å². The van der Waals surface area contributed by atoms with Crippen LogP contribution in [0.15, 0.2) is 48.6 Å². The molecule has 2 aliphatic rings. The van der Waals surface area contributed by atoms with E-state index in [0.29, 0.717) is 15.9 Å². The van der Waals surface area contributed by atoms with Crippen molar-refractivity contribution >= 4 is 62.8 Å². The van der Waals surface area contributed by atoms with E-state index in [1.807, 2.05) is 0 Å². The fraction of sp³-hybridized carbons (Fsp3) is 0.0625. The van der Waals surface area contributed by atoms with Gasteiger partial charge in [0.05, 0.1) is 28.5 Å². The number of fused-ring (bicyclic) bond motifs is 2. The lowest BCUT2D eigenvalue weighted by atomic mass is 10.1. The SMILES string of the molecule is CSC1=NSC2=NC(=O)/C(=C/c3coc4ccc(O)cc4c3=O)C(=N)N12. The summed E-state index contributed by atoms with van der Waals surface area (Å²) in [4.78, 5) is 30.3. The third-order valence-electron chi connectivity index (χ3n) is 3.76. The number of nitrogens with zero attached hydrogens (tertiary/aromatic N) is 3. The van der Waals surface area contributed by atoms with Gasteiger partial charge in [0.25, 0.3) is 5.91 Å². The van der Waals surface area contributed by atoms with Crippen LogP contribution in [-0.2, 0) is 4.79 Å². The van der Waals surface area contributed by atoms with Crippen LogP contribution >= 0.6 is 23.7 Å². The third-order valence-corrected chi connectivity index (χ3v) is 5.22. The van der Waals surface area contributed by atoms with Gasteiger partial charge in [0.1, 0.15) is 23.4 Å². The van der Waals surface area contributed by atoms with Crippen LogP contribution in [0.4, 0.5) is 0 Å². The van der Waals surface area contributed by atoms with Gasteiger partial charge in [-0.3, -0.25) is 15.0 Å². The molecule has 0 aliphatic carbocycles. The minimum Gasteiger partial charge on any atom is -0.508 e. The zero-order valence-corrected chi connectivity index (χ0v) is 14.8. The number of rotatable bonds is 1. The monoisotopic (exact) mass is 386 g/mol. The number of hydrogen-bond acceptors (Lipinski definition) is 8. The highest BCUT2D eigenvalue weighted by atomic mass is 32.2. The molecule has 10 heteroatoms. The first-order valence-corrected chi connectivity index (χ1v) is 9.26. The van der Waals surface area contributed by atoms with Gasteiger partial charge < -0.3 is 9.52 Å². The van der Waals surface area contributed by atoms with Crippen molar-refractivity contribution in [2.24, 2.45) is 9.39 Å². The van der Waals surface area contributed by atoms with Gasteiger partial charge in [0.2, 0.25) is 5.17 Å². The molecule has 26 heavy (non-hydrogen) atoms. The summed E-state index contributed by atoms with van der Waals surface area (Å²) in [5.74, 6) is -0.796. The van der Waals surface area contributed by atoms with E-state index in [1.165, 1.54) is 47.2 Å². The van der Waals surface area contributed by atoms with E-state index in [2.05, 4.69) is 9.39 Å². The molecule has 3 heterocycles. The number of benzene rings is 1. The quantitative estimate of drug-likeness (QED) is 0.570. The maximum absolute atomic E-state index is 12.6. The first-order valence-electron chi connectivity index (χ1n) is 7.27. The molecule has 0 spiro atoms. The highest BCUT2D eigenvalue weighted by Crippen LogP contribution is 2.31. The largest absolute Gasteiger partial charge is 0.508 e. The van der Waals surface area contributed by atoms with Gasteiger partial charge in [0.15, 0.2) is 10.6 Å². The Labute approximate surface area is 155 Å². The van der Waals surface area contributed by atoms with Crippen molar-refractivity contribution in [3.8, 4) is 5.75 Å². The van der Waals surface area contributed by atoms with Crippen molar-refractivity contribution in [2.45, 2.75) is 0 Å². The Morgan fingerprint density at radius 3 is 2.96 bits per heavy atom. The molecule has 0 saturated heterocycles. The van der Waals surface area contributed by atoms with Crippen LogP contribution < -0.4 is 5.43 Å². The number of hydrogen-bond donors (Lipinski definition) is 2. The lowest BCUT2D eigenvalue weighted by Crippen LogP contribution is -2.41. The minimum absolute atomic E-state index is 0.0372. The first kappa shape index (κ1) is 16.6. The second-order valence-electron chi connectivity index (χ2n) is 5.31. The minimum atomic E-state index is -0.623. The number of amides is 1. The fourth-order valence-electron chi connectivity index (χ4n) is 2.52. The Kier molecular flexibility index (Phi) is 3.93. The average Bonchev–Trinajstić information content (AvgIpc) is 3.03.